The number of ether oxygens (including phenoxy) is 1. The van der Waals surface area contributed by atoms with Gasteiger partial charge in [-0.15, -0.1) is 0 Å². The van der Waals surface area contributed by atoms with Gasteiger partial charge in [0.1, 0.15) is 5.75 Å². The van der Waals surface area contributed by atoms with Gasteiger partial charge < -0.3 is 20.3 Å². The summed E-state index contributed by atoms with van der Waals surface area (Å²) in [6.45, 7) is 6.19. The van der Waals surface area contributed by atoms with Gasteiger partial charge in [0.15, 0.2) is 0 Å². The van der Waals surface area contributed by atoms with Crippen molar-refractivity contribution < 1.29 is 4.74 Å². The Morgan fingerprint density at radius 1 is 1.35 bits per heavy atom. The molecule has 0 aromatic heterocycles. The van der Waals surface area contributed by atoms with Crippen molar-refractivity contribution in [3.8, 4) is 5.75 Å². The van der Waals surface area contributed by atoms with Gasteiger partial charge in [-0.25, -0.2) is 0 Å². The highest BCUT2D eigenvalue weighted by Crippen LogP contribution is 2.29. The highest BCUT2D eigenvalue weighted by Gasteiger charge is 2.24. The fourth-order valence-electron chi connectivity index (χ4n) is 3.02. The standard InChI is InChI=1S/C16H27N3O/c1-4-14-12-18(2)8-5-9-19(14)16-10-15(20-3)7-6-13(16)11-17/h6-7,10,14H,4-5,8-9,11-12,17H2,1-3H3. The van der Waals surface area contributed by atoms with Crippen LogP contribution in [0.1, 0.15) is 25.3 Å². The van der Waals surface area contributed by atoms with Gasteiger partial charge in [-0.1, -0.05) is 13.0 Å². The van der Waals surface area contributed by atoms with Crippen molar-refractivity contribution >= 4 is 5.69 Å². The van der Waals surface area contributed by atoms with Crippen LogP contribution in [0.5, 0.6) is 5.75 Å². The smallest absolute Gasteiger partial charge is 0.120 e. The minimum Gasteiger partial charge on any atom is -0.497 e. The maximum atomic E-state index is 5.92. The van der Waals surface area contributed by atoms with Crippen LogP contribution >= 0.6 is 0 Å². The van der Waals surface area contributed by atoms with Gasteiger partial charge >= 0.3 is 0 Å². The van der Waals surface area contributed by atoms with Crippen LogP contribution in [-0.4, -0.2) is 44.7 Å². The van der Waals surface area contributed by atoms with E-state index in [0.29, 0.717) is 12.6 Å². The van der Waals surface area contributed by atoms with Crippen LogP contribution in [0.4, 0.5) is 5.69 Å². The molecule has 112 valence electrons. The molecule has 0 aliphatic carbocycles. The minimum atomic E-state index is 0.542. The molecule has 1 atom stereocenters. The van der Waals surface area contributed by atoms with Crippen LogP contribution in [0.3, 0.4) is 0 Å². The van der Waals surface area contributed by atoms with Crippen molar-refractivity contribution in [2.75, 3.05) is 38.7 Å². The van der Waals surface area contributed by atoms with E-state index in [1.807, 2.05) is 6.07 Å². The Bertz CT molecular complexity index is 436. The number of likely N-dealkylation sites (N-methyl/N-ethyl adjacent to an activating group) is 1. The van der Waals surface area contributed by atoms with Gasteiger partial charge in [0.25, 0.3) is 0 Å². The maximum absolute atomic E-state index is 5.92. The van der Waals surface area contributed by atoms with E-state index in [0.717, 1.165) is 31.8 Å². The van der Waals surface area contributed by atoms with Gasteiger partial charge in [-0.3, -0.25) is 0 Å². The van der Waals surface area contributed by atoms with Crippen molar-refractivity contribution in [1.29, 1.82) is 0 Å². The molecule has 0 spiro atoms. The zero-order valence-corrected chi connectivity index (χ0v) is 12.9. The SMILES string of the molecule is CCC1CN(C)CCCN1c1cc(OC)ccc1CN. The summed E-state index contributed by atoms with van der Waals surface area (Å²) < 4.78 is 5.39. The fourth-order valence-corrected chi connectivity index (χ4v) is 3.02. The van der Waals surface area contributed by atoms with Crippen LogP contribution in [0, 0.1) is 0 Å². The third kappa shape index (κ3) is 3.25. The second kappa shape index (κ2) is 6.95. The Labute approximate surface area is 122 Å². The lowest BCUT2D eigenvalue weighted by atomic mass is 10.1. The van der Waals surface area contributed by atoms with Gasteiger partial charge in [0.05, 0.1) is 7.11 Å². The molecule has 4 nitrogen and oxygen atoms in total. The maximum Gasteiger partial charge on any atom is 0.120 e. The molecule has 1 saturated heterocycles. The number of methoxy groups -OCH3 is 1. The summed E-state index contributed by atoms with van der Waals surface area (Å²) in [7, 11) is 3.93. The molecule has 4 heteroatoms. The highest BCUT2D eigenvalue weighted by molar-refractivity contribution is 5.58. The number of benzene rings is 1. The third-order valence-corrected chi connectivity index (χ3v) is 4.20. The zero-order valence-electron chi connectivity index (χ0n) is 12.9. The lowest BCUT2D eigenvalue weighted by Gasteiger charge is -2.34. The molecule has 0 saturated carbocycles. The summed E-state index contributed by atoms with van der Waals surface area (Å²) in [5.41, 5.74) is 8.37. The molecule has 1 unspecified atom stereocenters. The van der Waals surface area contributed by atoms with Crippen molar-refractivity contribution in [3.63, 3.8) is 0 Å². The molecular formula is C16H27N3O. The molecule has 1 aliphatic rings. The molecule has 2 N–H and O–H groups in total. The van der Waals surface area contributed by atoms with E-state index in [1.165, 1.54) is 17.7 Å². The number of rotatable bonds is 4. The van der Waals surface area contributed by atoms with Crippen molar-refractivity contribution in [1.82, 2.24) is 4.90 Å². The van der Waals surface area contributed by atoms with E-state index in [-0.39, 0.29) is 0 Å². The summed E-state index contributed by atoms with van der Waals surface area (Å²) >= 11 is 0. The second-order valence-electron chi connectivity index (χ2n) is 5.57. The van der Waals surface area contributed by atoms with E-state index in [1.54, 1.807) is 7.11 Å². The molecule has 1 aromatic rings. The summed E-state index contributed by atoms with van der Waals surface area (Å²) in [5.74, 6) is 0.907. The van der Waals surface area contributed by atoms with E-state index in [2.05, 4.69) is 35.9 Å². The normalized spacial score (nSPS) is 20.8. The van der Waals surface area contributed by atoms with Gasteiger partial charge in [0.2, 0.25) is 0 Å². The largest absolute Gasteiger partial charge is 0.497 e. The lowest BCUT2D eigenvalue weighted by Crippen LogP contribution is -2.40. The Morgan fingerprint density at radius 2 is 2.15 bits per heavy atom. The third-order valence-electron chi connectivity index (χ3n) is 4.20. The van der Waals surface area contributed by atoms with Gasteiger partial charge in [-0.2, -0.15) is 0 Å². The van der Waals surface area contributed by atoms with Crippen LogP contribution in [0.15, 0.2) is 18.2 Å². The predicted molar refractivity (Wildman–Crippen MR) is 84.4 cm³/mol. The Kier molecular flexibility index (Phi) is 5.26. The Hall–Kier alpha value is -1.26. The highest BCUT2D eigenvalue weighted by atomic mass is 16.5. The Morgan fingerprint density at radius 3 is 2.80 bits per heavy atom. The molecule has 1 aromatic carbocycles. The molecule has 20 heavy (non-hydrogen) atoms. The average molecular weight is 277 g/mol. The Balaban J connectivity index is 2.35. The first-order chi connectivity index (χ1) is 9.69. The number of nitrogens with two attached hydrogens (primary N) is 1. The number of hydrogen-bond acceptors (Lipinski definition) is 4. The lowest BCUT2D eigenvalue weighted by molar-refractivity contribution is 0.328. The second-order valence-corrected chi connectivity index (χ2v) is 5.57. The van der Waals surface area contributed by atoms with Crippen LogP contribution < -0.4 is 15.4 Å². The van der Waals surface area contributed by atoms with Crippen LogP contribution in [0.2, 0.25) is 0 Å². The van der Waals surface area contributed by atoms with E-state index in [9.17, 15) is 0 Å². The first-order valence-corrected chi connectivity index (χ1v) is 7.51. The van der Waals surface area contributed by atoms with Crippen LogP contribution in [0.25, 0.3) is 0 Å². The number of anilines is 1. The topological polar surface area (TPSA) is 41.7 Å². The van der Waals surface area contributed by atoms with E-state index >= 15 is 0 Å². The fraction of sp³-hybridized carbons (Fsp3) is 0.625. The first kappa shape index (κ1) is 15.1. The molecule has 0 amide bonds. The molecule has 1 aliphatic heterocycles. The molecule has 0 bridgehead atoms. The molecule has 0 radical (unpaired) electrons. The number of nitrogens with zero attached hydrogens (tertiary/aromatic N) is 2. The molecule has 2 rings (SSSR count). The van der Waals surface area contributed by atoms with E-state index < -0.39 is 0 Å². The summed E-state index contributed by atoms with van der Waals surface area (Å²) in [6, 6.07) is 6.77. The van der Waals surface area contributed by atoms with Gasteiger partial charge in [-0.05, 0) is 38.1 Å². The monoisotopic (exact) mass is 277 g/mol. The zero-order chi connectivity index (χ0) is 14.5. The van der Waals surface area contributed by atoms with Crippen molar-refractivity contribution in [3.05, 3.63) is 23.8 Å². The predicted octanol–water partition coefficient (Wildman–Crippen LogP) is 2.07. The van der Waals surface area contributed by atoms with Gasteiger partial charge in [0, 0.05) is 37.4 Å². The molecule has 1 fully saturated rings. The van der Waals surface area contributed by atoms with Crippen molar-refractivity contribution in [2.45, 2.75) is 32.4 Å². The van der Waals surface area contributed by atoms with Crippen molar-refractivity contribution in [2.24, 2.45) is 5.73 Å². The average Bonchev–Trinajstić information content (AvgIpc) is 2.67. The molecule has 1 heterocycles. The summed E-state index contributed by atoms with van der Waals surface area (Å²) in [4.78, 5) is 4.95. The molecular weight excluding hydrogens is 250 g/mol. The summed E-state index contributed by atoms with van der Waals surface area (Å²) in [6.07, 6.45) is 2.33. The minimum absolute atomic E-state index is 0.542. The summed E-state index contributed by atoms with van der Waals surface area (Å²) in [5, 5.41) is 0. The van der Waals surface area contributed by atoms with E-state index in [4.69, 9.17) is 10.5 Å². The quantitative estimate of drug-likeness (QED) is 0.915. The first-order valence-electron chi connectivity index (χ1n) is 7.51. The van der Waals surface area contributed by atoms with Crippen LogP contribution in [-0.2, 0) is 6.54 Å². The number of hydrogen-bond donors (Lipinski definition) is 1.